The van der Waals surface area contributed by atoms with Crippen molar-refractivity contribution in [3.8, 4) is 5.69 Å². The summed E-state index contributed by atoms with van der Waals surface area (Å²) < 4.78 is 15.6. The van der Waals surface area contributed by atoms with Gasteiger partial charge in [-0.3, -0.25) is 0 Å². The van der Waals surface area contributed by atoms with Crippen LogP contribution in [0.4, 0.5) is 4.39 Å². The van der Waals surface area contributed by atoms with Gasteiger partial charge in [0.25, 0.3) is 0 Å². The van der Waals surface area contributed by atoms with Crippen LogP contribution < -0.4 is 0 Å². The van der Waals surface area contributed by atoms with Gasteiger partial charge in [-0.25, -0.2) is 14.1 Å². The maximum absolute atomic E-state index is 14.0. The van der Waals surface area contributed by atoms with Crippen molar-refractivity contribution < 1.29 is 4.39 Å². The van der Waals surface area contributed by atoms with Gasteiger partial charge in [-0.05, 0) is 25.0 Å². The zero-order valence-corrected chi connectivity index (χ0v) is 10.7. The Morgan fingerprint density at radius 1 is 1.35 bits per heavy atom. The number of rotatable bonds is 2. The molecule has 0 amide bonds. The molecule has 0 atom stereocenters. The van der Waals surface area contributed by atoms with Crippen LogP contribution in [-0.2, 0) is 0 Å². The summed E-state index contributed by atoms with van der Waals surface area (Å²) in [7, 11) is 0. The van der Waals surface area contributed by atoms with Gasteiger partial charge in [-0.2, -0.15) is 5.10 Å². The normalized spacial score (nSPS) is 11.2. The van der Waals surface area contributed by atoms with Gasteiger partial charge >= 0.3 is 0 Å². The SMILES string of the molecule is Cc1ncn(-c2ccc(Cl)c(F)c2C(C)C)n1. The molecule has 17 heavy (non-hydrogen) atoms. The molecule has 5 heteroatoms. The van der Waals surface area contributed by atoms with Gasteiger partial charge in [0, 0.05) is 5.56 Å². The average Bonchev–Trinajstić information content (AvgIpc) is 2.68. The third-order valence-corrected chi connectivity index (χ3v) is 2.83. The summed E-state index contributed by atoms with van der Waals surface area (Å²) in [6, 6.07) is 3.30. The molecule has 0 N–H and O–H groups in total. The minimum Gasteiger partial charge on any atom is -0.220 e. The first-order chi connectivity index (χ1) is 8.00. The molecule has 1 heterocycles. The topological polar surface area (TPSA) is 30.7 Å². The summed E-state index contributed by atoms with van der Waals surface area (Å²) in [5.41, 5.74) is 1.24. The molecule has 0 aliphatic carbocycles. The fourth-order valence-corrected chi connectivity index (χ4v) is 1.93. The Morgan fingerprint density at radius 2 is 2.06 bits per heavy atom. The van der Waals surface area contributed by atoms with Crippen molar-refractivity contribution in [3.63, 3.8) is 0 Å². The molecule has 0 aliphatic rings. The largest absolute Gasteiger partial charge is 0.220 e. The van der Waals surface area contributed by atoms with Crippen molar-refractivity contribution in [2.24, 2.45) is 0 Å². The second-order valence-corrected chi connectivity index (χ2v) is 4.59. The van der Waals surface area contributed by atoms with E-state index < -0.39 is 0 Å². The number of aromatic nitrogens is 3. The molecule has 2 rings (SSSR count). The van der Waals surface area contributed by atoms with Crippen LogP contribution in [-0.4, -0.2) is 14.8 Å². The van der Waals surface area contributed by atoms with Crippen LogP contribution in [0.1, 0.15) is 31.2 Å². The van der Waals surface area contributed by atoms with Crippen LogP contribution >= 0.6 is 11.6 Å². The summed E-state index contributed by atoms with van der Waals surface area (Å²) >= 11 is 5.80. The molecule has 0 saturated heterocycles. The molecule has 0 radical (unpaired) electrons. The molecule has 2 aromatic rings. The van der Waals surface area contributed by atoms with Crippen LogP contribution in [0.25, 0.3) is 5.69 Å². The van der Waals surface area contributed by atoms with E-state index in [1.807, 2.05) is 13.8 Å². The lowest BCUT2D eigenvalue weighted by Crippen LogP contribution is -2.05. The highest BCUT2D eigenvalue weighted by Crippen LogP contribution is 2.30. The molecule has 3 nitrogen and oxygen atoms in total. The minimum atomic E-state index is -0.382. The average molecular weight is 254 g/mol. The van der Waals surface area contributed by atoms with Crippen molar-refractivity contribution in [2.45, 2.75) is 26.7 Å². The molecular formula is C12H13ClFN3. The highest BCUT2D eigenvalue weighted by atomic mass is 35.5. The number of aryl methyl sites for hydroxylation is 1. The Labute approximate surface area is 104 Å². The van der Waals surface area contributed by atoms with Crippen molar-refractivity contribution >= 4 is 11.6 Å². The quantitative estimate of drug-likeness (QED) is 0.820. The van der Waals surface area contributed by atoms with Gasteiger partial charge in [0.1, 0.15) is 18.0 Å². The van der Waals surface area contributed by atoms with Gasteiger partial charge in [0.15, 0.2) is 0 Å². The molecule has 1 aromatic carbocycles. The second-order valence-electron chi connectivity index (χ2n) is 4.19. The molecule has 90 valence electrons. The number of halogens is 2. The lowest BCUT2D eigenvalue weighted by atomic mass is 10.0. The maximum Gasteiger partial charge on any atom is 0.147 e. The smallest absolute Gasteiger partial charge is 0.147 e. The van der Waals surface area contributed by atoms with Gasteiger partial charge in [0.05, 0.1) is 10.7 Å². The standard InChI is InChI=1S/C12H13ClFN3/c1-7(2)11-10(5-4-9(13)12(11)14)17-6-15-8(3)16-17/h4-7H,1-3H3. The highest BCUT2D eigenvalue weighted by Gasteiger charge is 2.17. The third kappa shape index (κ3) is 2.17. The number of hydrogen-bond donors (Lipinski definition) is 0. The maximum atomic E-state index is 14.0. The minimum absolute atomic E-state index is 0.0215. The first-order valence-corrected chi connectivity index (χ1v) is 5.75. The Kier molecular flexibility index (Phi) is 3.15. The van der Waals surface area contributed by atoms with Gasteiger partial charge in [-0.1, -0.05) is 25.4 Å². The van der Waals surface area contributed by atoms with E-state index in [2.05, 4.69) is 10.1 Å². The molecule has 0 bridgehead atoms. The fourth-order valence-electron chi connectivity index (χ4n) is 1.77. The molecular weight excluding hydrogens is 241 g/mol. The molecule has 0 fully saturated rings. The molecule has 0 spiro atoms. The van der Waals surface area contributed by atoms with E-state index in [9.17, 15) is 4.39 Å². The molecule has 1 aromatic heterocycles. The first kappa shape index (κ1) is 12.0. The van der Waals surface area contributed by atoms with Crippen LogP contribution in [0.5, 0.6) is 0 Å². The number of hydrogen-bond acceptors (Lipinski definition) is 2. The van der Waals surface area contributed by atoms with E-state index in [1.165, 1.54) is 6.07 Å². The first-order valence-electron chi connectivity index (χ1n) is 5.37. The van der Waals surface area contributed by atoms with Gasteiger partial charge in [0.2, 0.25) is 0 Å². The predicted octanol–water partition coefficient (Wildman–Crippen LogP) is 3.49. The highest BCUT2D eigenvalue weighted by molar-refractivity contribution is 6.30. The van der Waals surface area contributed by atoms with Gasteiger partial charge < -0.3 is 0 Å². The Bertz CT molecular complexity index is 549. The van der Waals surface area contributed by atoms with Crippen LogP contribution in [0.2, 0.25) is 5.02 Å². The van der Waals surface area contributed by atoms with E-state index in [0.717, 1.165) is 0 Å². The fraction of sp³-hybridized carbons (Fsp3) is 0.333. The molecule has 0 aliphatic heterocycles. The van der Waals surface area contributed by atoms with Crippen LogP contribution in [0.15, 0.2) is 18.5 Å². The van der Waals surface area contributed by atoms with E-state index in [0.29, 0.717) is 17.1 Å². The van der Waals surface area contributed by atoms with Crippen LogP contribution in [0.3, 0.4) is 0 Å². The zero-order valence-electron chi connectivity index (χ0n) is 9.91. The number of benzene rings is 1. The summed E-state index contributed by atoms with van der Waals surface area (Å²) in [6.45, 7) is 5.63. The Morgan fingerprint density at radius 3 is 2.59 bits per heavy atom. The summed E-state index contributed by atoms with van der Waals surface area (Å²) in [4.78, 5) is 4.04. The summed E-state index contributed by atoms with van der Waals surface area (Å²) in [6.07, 6.45) is 1.57. The summed E-state index contributed by atoms with van der Waals surface area (Å²) in [5.74, 6) is 0.288. The van der Waals surface area contributed by atoms with E-state index >= 15 is 0 Å². The van der Waals surface area contributed by atoms with Crippen molar-refractivity contribution in [3.05, 3.63) is 40.7 Å². The van der Waals surface area contributed by atoms with Crippen molar-refractivity contribution in [1.82, 2.24) is 14.8 Å². The lowest BCUT2D eigenvalue weighted by Gasteiger charge is -2.14. The molecule has 0 unspecified atom stereocenters. The number of nitrogens with zero attached hydrogens (tertiary/aromatic N) is 3. The van der Waals surface area contributed by atoms with E-state index in [-0.39, 0.29) is 16.8 Å². The van der Waals surface area contributed by atoms with Crippen LogP contribution in [0, 0.1) is 12.7 Å². The van der Waals surface area contributed by atoms with Crippen molar-refractivity contribution in [2.75, 3.05) is 0 Å². The molecule has 0 saturated carbocycles. The van der Waals surface area contributed by atoms with E-state index in [4.69, 9.17) is 11.6 Å². The lowest BCUT2D eigenvalue weighted by molar-refractivity contribution is 0.594. The summed E-state index contributed by atoms with van der Waals surface area (Å²) in [5, 5.41) is 4.32. The monoisotopic (exact) mass is 253 g/mol. The van der Waals surface area contributed by atoms with Gasteiger partial charge in [-0.15, -0.1) is 0 Å². The second kappa shape index (κ2) is 4.45. The Balaban J connectivity index is 2.65. The zero-order chi connectivity index (χ0) is 12.6. The van der Waals surface area contributed by atoms with E-state index in [1.54, 1.807) is 24.0 Å². The predicted molar refractivity (Wildman–Crippen MR) is 65.2 cm³/mol. The third-order valence-electron chi connectivity index (χ3n) is 2.54. The Hall–Kier alpha value is -1.42. The van der Waals surface area contributed by atoms with Crippen molar-refractivity contribution in [1.29, 1.82) is 0 Å².